The van der Waals surface area contributed by atoms with Crippen molar-refractivity contribution in [3.05, 3.63) is 12.0 Å². The molecule has 62 valence electrons. The average molecular weight is 172 g/mol. The van der Waals surface area contributed by atoms with E-state index < -0.39 is 9.73 Å². The number of rotatable bonds is 3. The lowest BCUT2D eigenvalue weighted by Gasteiger charge is -2.04. The lowest BCUT2D eigenvalue weighted by Crippen LogP contribution is -2.07. The Hall–Kier alpha value is -0.820. The third-order valence-electron chi connectivity index (χ3n) is 1.03. The van der Waals surface area contributed by atoms with Crippen molar-refractivity contribution in [2.45, 2.75) is 13.8 Å². The van der Waals surface area contributed by atoms with Crippen molar-refractivity contribution in [3.8, 4) is 6.19 Å². The van der Waals surface area contributed by atoms with Crippen molar-refractivity contribution in [2.24, 2.45) is 10.3 Å². The molecule has 1 atom stereocenters. The van der Waals surface area contributed by atoms with Crippen molar-refractivity contribution >= 4 is 9.73 Å². The van der Waals surface area contributed by atoms with Crippen molar-refractivity contribution in [2.75, 3.05) is 5.75 Å². The molecular formula is C7H12N2OS. The summed E-state index contributed by atoms with van der Waals surface area (Å²) in [7, 11) is -2.45. The second-order valence-electron chi connectivity index (χ2n) is 2.61. The Morgan fingerprint density at radius 1 is 1.82 bits per heavy atom. The molecule has 0 aromatic rings. The highest BCUT2D eigenvalue weighted by molar-refractivity contribution is 7.96. The molecule has 0 saturated heterocycles. The maximum Gasteiger partial charge on any atom is 0.214 e. The van der Waals surface area contributed by atoms with E-state index in [-0.39, 0.29) is 5.92 Å². The molecule has 0 aromatic carbocycles. The Morgan fingerprint density at radius 2 is 2.36 bits per heavy atom. The summed E-state index contributed by atoms with van der Waals surface area (Å²) in [6.07, 6.45) is 1.54. The van der Waals surface area contributed by atoms with E-state index in [4.69, 9.17) is 5.26 Å². The van der Waals surface area contributed by atoms with Gasteiger partial charge in [-0.3, -0.25) is 0 Å². The summed E-state index contributed by atoms with van der Waals surface area (Å²) < 4.78 is 14.8. The molecule has 0 saturated carbocycles. The predicted molar refractivity (Wildman–Crippen MR) is 46.1 cm³/mol. The van der Waals surface area contributed by atoms with Gasteiger partial charge < -0.3 is 0 Å². The summed E-state index contributed by atoms with van der Waals surface area (Å²) in [5, 5.41) is 9.46. The van der Waals surface area contributed by atoms with Crippen LogP contribution < -0.4 is 0 Å². The van der Waals surface area contributed by atoms with Crippen molar-refractivity contribution < 1.29 is 4.21 Å². The molecule has 0 amide bonds. The van der Waals surface area contributed by atoms with Crippen LogP contribution in [0, 0.1) is 17.4 Å². The first-order valence-corrected chi connectivity index (χ1v) is 5.04. The molecule has 0 rings (SSSR count). The quantitative estimate of drug-likeness (QED) is 0.609. The molecular weight excluding hydrogens is 160 g/mol. The van der Waals surface area contributed by atoms with Crippen LogP contribution in [0.3, 0.4) is 0 Å². The molecule has 0 N–H and O–H groups in total. The Labute approximate surface area is 67.9 Å². The molecule has 4 heteroatoms. The predicted octanol–water partition coefficient (Wildman–Crippen LogP) is 1.73. The van der Waals surface area contributed by atoms with Gasteiger partial charge in [-0.05, 0) is 5.92 Å². The number of hydrogen-bond donors (Lipinski definition) is 0. The fourth-order valence-corrected chi connectivity index (χ4v) is 2.07. The molecule has 0 aliphatic carbocycles. The highest BCUT2D eigenvalue weighted by Crippen LogP contribution is 2.04. The maximum atomic E-state index is 11.5. The minimum absolute atomic E-state index is 0.262. The Kier molecular flexibility index (Phi) is 3.83. The van der Waals surface area contributed by atoms with Crippen LogP contribution in [-0.2, 0) is 9.73 Å². The average Bonchev–Trinajstić information content (AvgIpc) is 1.87. The molecule has 1 unspecified atom stereocenters. The third kappa shape index (κ3) is 3.79. The van der Waals surface area contributed by atoms with E-state index in [9.17, 15) is 4.21 Å². The SMILES string of the molecule is C=CS(=O)(CC(C)C)=NC#N. The number of nitriles is 1. The molecule has 0 aliphatic heterocycles. The van der Waals surface area contributed by atoms with E-state index in [1.807, 2.05) is 13.8 Å². The van der Waals surface area contributed by atoms with Crippen molar-refractivity contribution in [1.82, 2.24) is 0 Å². The van der Waals surface area contributed by atoms with E-state index in [0.29, 0.717) is 5.75 Å². The third-order valence-corrected chi connectivity index (χ3v) is 3.08. The summed E-state index contributed by atoms with van der Waals surface area (Å²) in [4.78, 5) is 0. The van der Waals surface area contributed by atoms with Gasteiger partial charge in [-0.25, -0.2) is 4.21 Å². The lowest BCUT2D eigenvalue weighted by atomic mass is 10.3. The van der Waals surface area contributed by atoms with E-state index in [2.05, 4.69) is 10.9 Å². The Morgan fingerprint density at radius 3 is 2.64 bits per heavy atom. The molecule has 0 radical (unpaired) electrons. The zero-order valence-corrected chi connectivity index (χ0v) is 7.60. The molecule has 11 heavy (non-hydrogen) atoms. The zero-order chi connectivity index (χ0) is 8.91. The minimum atomic E-state index is -2.45. The van der Waals surface area contributed by atoms with Gasteiger partial charge >= 0.3 is 0 Å². The van der Waals surface area contributed by atoms with E-state index in [0.717, 1.165) is 0 Å². The normalized spacial score (nSPS) is 15.1. The summed E-state index contributed by atoms with van der Waals surface area (Å²) in [6.45, 7) is 7.24. The summed E-state index contributed by atoms with van der Waals surface area (Å²) in [6, 6.07) is 0. The van der Waals surface area contributed by atoms with Crippen LogP contribution in [0.25, 0.3) is 0 Å². The van der Waals surface area contributed by atoms with Crippen LogP contribution in [0.4, 0.5) is 0 Å². The first-order valence-electron chi connectivity index (χ1n) is 3.29. The second-order valence-corrected chi connectivity index (χ2v) is 4.84. The fourth-order valence-electron chi connectivity index (χ4n) is 0.689. The highest BCUT2D eigenvalue weighted by Gasteiger charge is 2.06. The number of nitrogens with zero attached hydrogens (tertiary/aromatic N) is 2. The minimum Gasteiger partial charge on any atom is -0.244 e. The van der Waals surface area contributed by atoms with Crippen LogP contribution in [0.5, 0.6) is 0 Å². The number of hydrogen-bond acceptors (Lipinski definition) is 3. The molecule has 0 spiro atoms. The van der Waals surface area contributed by atoms with Gasteiger partial charge in [-0.15, -0.1) is 4.36 Å². The molecule has 0 bridgehead atoms. The molecule has 0 heterocycles. The topological polar surface area (TPSA) is 53.2 Å². The maximum absolute atomic E-state index is 11.5. The standard InChI is InChI=1S/C7H12N2OS/c1-4-11(10,9-6-8)5-7(2)3/h4,7H,1,5H2,2-3H3. The molecule has 0 aromatic heterocycles. The lowest BCUT2D eigenvalue weighted by molar-refractivity contribution is 0.664. The van der Waals surface area contributed by atoms with Crippen LogP contribution in [-0.4, -0.2) is 9.96 Å². The Bertz CT molecular complexity index is 279. The summed E-state index contributed by atoms with van der Waals surface area (Å²) >= 11 is 0. The second kappa shape index (κ2) is 4.14. The zero-order valence-electron chi connectivity index (χ0n) is 6.78. The van der Waals surface area contributed by atoms with Crippen molar-refractivity contribution in [3.63, 3.8) is 0 Å². The van der Waals surface area contributed by atoms with Gasteiger partial charge in [0.2, 0.25) is 6.19 Å². The van der Waals surface area contributed by atoms with Crippen LogP contribution in [0.2, 0.25) is 0 Å². The van der Waals surface area contributed by atoms with Crippen LogP contribution in [0.1, 0.15) is 13.8 Å². The summed E-state index contributed by atoms with van der Waals surface area (Å²) in [5.74, 6) is 0.668. The molecule has 3 nitrogen and oxygen atoms in total. The van der Waals surface area contributed by atoms with Crippen molar-refractivity contribution in [1.29, 1.82) is 5.26 Å². The van der Waals surface area contributed by atoms with Crippen LogP contribution in [0.15, 0.2) is 16.3 Å². The van der Waals surface area contributed by atoms with E-state index in [1.165, 1.54) is 5.41 Å². The first kappa shape index (κ1) is 10.2. The van der Waals surface area contributed by atoms with Gasteiger partial charge in [0.15, 0.2) is 0 Å². The van der Waals surface area contributed by atoms with Gasteiger partial charge in [-0.1, -0.05) is 20.4 Å². The Balaban J connectivity index is 4.67. The summed E-state index contributed by atoms with van der Waals surface area (Å²) in [5.41, 5.74) is 0. The van der Waals surface area contributed by atoms with Gasteiger partial charge in [-0.2, -0.15) is 5.26 Å². The van der Waals surface area contributed by atoms with Gasteiger partial charge in [0.1, 0.15) is 0 Å². The van der Waals surface area contributed by atoms with E-state index >= 15 is 0 Å². The molecule has 0 fully saturated rings. The highest BCUT2D eigenvalue weighted by atomic mass is 32.2. The first-order chi connectivity index (χ1) is 5.04. The van der Waals surface area contributed by atoms with Gasteiger partial charge in [0.05, 0.1) is 9.73 Å². The molecule has 0 aliphatic rings. The fraction of sp³-hybridized carbons (Fsp3) is 0.571. The largest absolute Gasteiger partial charge is 0.244 e. The van der Waals surface area contributed by atoms with E-state index in [1.54, 1.807) is 6.19 Å². The smallest absolute Gasteiger partial charge is 0.214 e. The van der Waals surface area contributed by atoms with Crippen LogP contribution >= 0.6 is 0 Å². The van der Waals surface area contributed by atoms with Gasteiger partial charge in [0.25, 0.3) is 0 Å². The van der Waals surface area contributed by atoms with Gasteiger partial charge in [0, 0.05) is 11.2 Å². The monoisotopic (exact) mass is 172 g/mol.